The Balaban J connectivity index is 1.63. The number of likely N-dealkylation sites (tertiary alicyclic amines) is 1. The number of amides is 4. The Kier molecular flexibility index (Phi) is 11.5. The van der Waals surface area contributed by atoms with Crippen molar-refractivity contribution in [2.75, 3.05) is 6.54 Å². The molecule has 1 aliphatic carbocycles. The molecule has 11 heteroatoms. The number of aryl methyl sites for hydroxylation is 1. The molecule has 2 fully saturated rings. The number of nitrogens with zero attached hydrogens (tertiary/aromatic N) is 3. The maximum absolute atomic E-state index is 14.7. The maximum atomic E-state index is 14.7. The highest BCUT2D eigenvalue weighted by Gasteiger charge is 2.49. The summed E-state index contributed by atoms with van der Waals surface area (Å²) in [6, 6.07) is 18.0. The van der Waals surface area contributed by atoms with E-state index in [0.717, 1.165) is 41.5 Å². The standard InChI is InChI=1S/C38H50N6O5/c1-38(2,3)42-34(47)31-21-26-14-7-8-15-27(26)23-43(31)35(32(45)20-17-24-11-5-4-6-12-24)44(36(48)28(39)22-33(40)46)37(49)30-19-18-25-13-9-10-16-29(25)41-30/h4-6,9-13,16,18-19,26-28,31-32,35,45H,7-8,14-15,17,20-23,39H2,1-3H3,(H2,40,46)(H,42,47)/t26-,27+,28-,31-,32+,35?/m0/s1. The number of carbonyl (C=O) groups is 4. The highest BCUT2D eigenvalue weighted by molar-refractivity contribution is 6.07. The van der Waals surface area contributed by atoms with Crippen LogP contribution in [0.15, 0.2) is 66.7 Å². The molecule has 2 heterocycles. The minimum Gasteiger partial charge on any atom is -0.390 e. The number of primary amides is 1. The number of carbonyl (C=O) groups excluding carboxylic acids is 4. The Labute approximate surface area is 288 Å². The number of nitrogens with two attached hydrogens (primary N) is 2. The van der Waals surface area contributed by atoms with Gasteiger partial charge in [-0.1, -0.05) is 73.9 Å². The third-order valence-electron chi connectivity index (χ3n) is 9.77. The SMILES string of the molecule is CC(C)(C)NC(=O)[C@@H]1C[C@@H]2CCCC[C@@H]2CN1C([C@H](O)CCc1ccccc1)N(C(=O)c1ccc2ccccc2n1)C(=O)[C@@H](N)CC(N)=O. The van der Waals surface area contributed by atoms with Crippen LogP contribution in [0, 0.1) is 11.8 Å². The van der Waals surface area contributed by atoms with Crippen molar-refractivity contribution in [2.24, 2.45) is 23.3 Å². The first-order chi connectivity index (χ1) is 23.3. The topological polar surface area (TPSA) is 172 Å². The first-order valence-electron chi connectivity index (χ1n) is 17.4. The van der Waals surface area contributed by atoms with Gasteiger partial charge in [-0.25, -0.2) is 4.98 Å². The van der Waals surface area contributed by atoms with Crippen molar-refractivity contribution in [3.05, 3.63) is 78.0 Å². The molecule has 4 amide bonds. The van der Waals surface area contributed by atoms with Crippen molar-refractivity contribution in [3.63, 3.8) is 0 Å². The van der Waals surface area contributed by atoms with E-state index in [-0.39, 0.29) is 23.9 Å². The molecular formula is C38H50N6O5. The van der Waals surface area contributed by atoms with Gasteiger partial charge in [0.2, 0.25) is 17.7 Å². The highest BCUT2D eigenvalue weighted by Crippen LogP contribution is 2.41. The van der Waals surface area contributed by atoms with Crippen LogP contribution < -0.4 is 16.8 Å². The predicted molar refractivity (Wildman–Crippen MR) is 188 cm³/mol. The molecule has 262 valence electrons. The molecule has 1 saturated heterocycles. The maximum Gasteiger partial charge on any atom is 0.280 e. The molecule has 0 spiro atoms. The number of hydrogen-bond acceptors (Lipinski definition) is 8. The summed E-state index contributed by atoms with van der Waals surface area (Å²) in [5.74, 6) is -2.18. The molecule has 3 aromatic rings. The van der Waals surface area contributed by atoms with Crippen molar-refractivity contribution in [1.82, 2.24) is 20.1 Å². The number of para-hydroxylation sites is 1. The molecular weight excluding hydrogens is 620 g/mol. The minimum absolute atomic E-state index is 0.0261. The van der Waals surface area contributed by atoms with Gasteiger partial charge in [-0.15, -0.1) is 0 Å². The number of hydrogen-bond donors (Lipinski definition) is 4. The monoisotopic (exact) mass is 670 g/mol. The number of pyridine rings is 1. The van der Waals surface area contributed by atoms with E-state index in [1.165, 1.54) is 6.07 Å². The van der Waals surface area contributed by atoms with Crippen molar-refractivity contribution in [1.29, 1.82) is 0 Å². The zero-order chi connectivity index (χ0) is 35.3. The molecule has 2 aliphatic rings. The lowest BCUT2D eigenvalue weighted by atomic mass is 9.72. The summed E-state index contributed by atoms with van der Waals surface area (Å²) in [7, 11) is 0. The van der Waals surface area contributed by atoms with Crippen LogP contribution in [0.4, 0.5) is 0 Å². The second-order valence-electron chi connectivity index (χ2n) is 14.7. The van der Waals surface area contributed by atoms with Crippen molar-refractivity contribution in [2.45, 2.75) is 102 Å². The molecule has 6 atom stereocenters. The highest BCUT2D eigenvalue weighted by atomic mass is 16.3. The number of piperidine rings is 1. The number of rotatable bonds is 11. The molecule has 6 N–H and O–H groups in total. The molecule has 1 unspecified atom stereocenters. The van der Waals surface area contributed by atoms with Crippen LogP contribution in [0.5, 0.6) is 0 Å². The summed E-state index contributed by atoms with van der Waals surface area (Å²) in [6.07, 6.45) is 2.15. The van der Waals surface area contributed by atoms with Gasteiger partial charge < -0.3 is 21.9 Å². The average molecular weight is 671 g/mol. The van der Waals surface area contributed by atoms with Gasteiger partial charge in [-0.3, -0.25) is 29.0 Å². The van der Waals surface area contributed by atoms with Crippen LogP contribution >= 0.6 is 0 Å². The average Bonchev–Trinajstić information content (AvgIpc) is 3.07. The first kappa shape index (κ1) is 36.1. The second kappa shape index (κ2) is 15.6. The van der Waals surface area contributed by atoms with E-state index >= 15 is 0 Å². The predicted octanol–water partition coefficient (Wildman–Crippen LogP) is 3.52. The van der Waals surface area contributed by atoms with E-state index in [4.69, 9.17) is 11.5 Å². The summed E-state index contributed by atoms with van der Waals surface area (Å²) < 4.78 is 0. The van der Waals surface area contributed by atoms with Gasteiger partial charge in [0.25, 0.3) is 5.91 Å². The van der Waals surface area contributed by atoms with Gasteiger partial charge >= 0.3 is 0 Å². The normalized spacial score (nSPS) is 21.6. The lowest BCUT2D eigenvalue weighted by Gasteiger charge is -2.51. The smallest absolute Gasteiger partial charge is 0.280 e. The van der Waals surface area contributed by atoms with Crippen LogP contribution in [0.2, 0.25) is 0 Å². The van der Waals surface area contributed by atoms with Crippen molar-refractivity contribution >= 4 is 34.5 Å². The number of imide groups is 1. The molecule has 11 nitrogen and oxygen atoms in total. The van der Waals surface area contributed by atoms with E-state index < -0.39 is 54.0 Å². The fraction of sp³-hybridized carbons (Fsp3) is 0.500. The fourth-order valence-electron chi connectivity index (χ4n) is 7.45. The quantitative estimate of drug-likeness (QED) is 0.240. The van der Waals surface area contributed by atoms with Crippen LogP contribution in [0.25, 0.3) is 10.9 Å². The summed E-state index contributed by atoms with van der Waals surface area (Å²) >= 11 is 0. The molecule has 1 aromatic heterocycles. The lowest BCUT2D eigenvalue weighted by molar-refractivity contribution is -0.154. The number of aliphatic hydroxyl groups excluding tert-OH is 1. The lowest BCUT2D eigenvalue weighted by Crippen LogP contribution is -2.68. The molecule has 0 bridgehead atoms. The van der Waals surface area contributed by atoms with E-state index in [9.17, 15) is 24.3 Å². The zero-order valence-electron chi connectivity index (χ0n) is 28.8. The first-order valence-corrected chi connectivity index (χ1v) is 17.4. The molecule has 1 aliphatic heterocycles. The van der Waals surface area contributed by atoms with E-state index in [1.54, 1.807) is 18.2 Å². The van der Waals surface area contributed by atoms with Gasteiger partial charge in [0.05, 0.1) is 30.1 Å². The molecule has 2 aromatic carbocycles. The minimum atomic E-state index is -1.46. The number of aromatic nitrogens is 1. The van der Waals surface area contributed by atoms with Crippen LogP contribution in [0.3, 0.4) is 0 Å². The van der Waals surface area contributed by atoms with Gasteiger partial charge in [0, 0.05) is 17.5 Å². The Morgan fingerprint density at radius 3 is 2.35 bits per heavy atom. The molecule has 1 saturated carbocycles. The van der Waals surface area contributed by atoms with Crippen molar-refractivity contribution in [3.8, 4) is 0 Å². The number of nitrogens with one attached hydrogen (secondary N) is 1. The van der Waals surface area contributed by atoms with Crippen LogP contribution in [-0.2, 0) is 20.8 Å². The van der Waals surface area contributed by atoms with Crippen LogP contribution in [0.1, 0.15) is 81.8 Å². The summed E-state index contributed by atoms with van der Waals surface area (Å²) in [5.41, 5.74) is 12.7. The fourth-order valence-corrected chi connectivity index (χ4v) is 7.45. The number of benzene rings is 2. The molecule has 5 rings (SSSR count). The largest absolute Gasteiger partial charge is 0.390 e. The van der Waals surface area contributed by atoms with Gasteiger partial charge in [-0.05, 0) is 76.0 Å². The summed E-state index contributed by atoms with van der Waals surface area (Å²) in [5, 5.41) is 16.1. The second-order valence-corrected chi connectivity index (χ2v) is 14.7. The van der Waals surface area contributed by atoms with E-state index in [2.05, 4.69) is 10.3 Å². The van der Waals surface area contributed by atoms with Gasteiger partial charge in [-0.2, -0.15) is 0 Å². The summed E-state index contributed by atoms with van der Waals surface area (Å²) in [6.45, 7) is 6.11. The van der Waals surface area contributed by atoms with Crippen LogP contribution in [-0.4, -0.2) is 80.0 Å². The molecule has 0 radical (unpaired) electrons. The molecule has 49 heavy (non-hydrogen) atoms. The Morgan fingerprint density at radius 2 is 1.65 bits per heavy atom. The number of aliphatic hydroxyl groups is 1. The van der Waals surface area contributed by atoms with Gasteiger partial charge in [0.1, 0.15) is 11.9 Å². The van der Waals surface area contributed by atoms with Crippen molar-refractivity contribution < 1.29 is 24.3 Å². The third kappa shape index (κ3) is 8.89. The van der Waals surface area contributed by atoms with Gasteiger partial charge in [0.15, 0.2) is 0 Å². The Bertz CT molecular complexity index is 1640. The summed E-state index contributed by atoms with van der Waals surface area (Å²) in [4.78, 5) is 62.6. The van der Waals surface area contributed by atoms with E-state index in [1.807, 2.05) is 68.1 Å². The Hall–Kier alpha value is -4.19. The number of fused-ring (bicyclic) bond motifs is 2. The zero-order valence-corrected chi connectivity index (χ0v) is 28.8. The third-order valence-corrected chi connectivity index (χ3v) is 9.77. The van der Waals surface area contributed by atoms with E-state index in [0.29, 0.717) is 30.8 Å². The Morgan fingerprint density at radius 1 is 0.980 bits per heavy atom.